The van der Waals surface area contributed by atoms with E-state index in [0.717, 1.165) is 12.1 Å². The van der Waals surface area contributed by atoms with Gasteiger partial charge in [-0.15, -0.1) is 0 Å². The molecular weight excluding hydrogens is 239 g/mol. The van der Waals surface area contributed by atoms with Gasteiger partial charge in [-0.05, 0) is 30.3 Å². The first kappa shape index (κ1) is 14.0. The van der Waals surface area contributed by atoms with Crippen LogP contribution in [-0.2, 0) is 6.54 Å². The number of aliphatic hydroxyl groups is 1. The number of nitrogens with zero attached hydrogens (tertiary/aromatic N) is 1. The van der Waals surface area contributed by atoms with Crippen molar-refractivity contribution in [3.8, 4) is 0 Å². The van der Waals surface area contributed by atoms with Gasteiger partial charge in [0.2, 0.25) is 0 Å². The van der Waals surface area contributed by atoms with Gasteiger partial charge in [-0.3, -0.25) is 4.90 Å². The van der Waals surface area contributed by atoms with Crippen LogP contribution < -0.4 is 5.73 Å². The van der Waals surface area contributed by atoms with Gasteiger partial charge in [-0.1, -0.05) is 19.1 Å². The first-order valence-corrected chi connectivity index (χ1v) is 5.90. The summed E-state index contributed by atoms with van der Waals surface area (Å²) in [4.78, 5) is 2.26. The monoisotopic (exact) mass is 256 g/mol. The van der Waals surface area contributed by atoms with Crippen molar-refractivity contribution in [3.05, 3.63) is 35.1 Å². The molecule has 1 aromatic carbocycles. The van der Waals surface area contributed by atoms with Gasteiger partial charge in [0.25, 0.3) is 0 Å². The molecule has 0 aliphatic rings. The molecule has 0 spiro atoms. The molecule has 0 saturated carbocycles. The molecule has 1 rings (SSSR count). The molecule has 0 saturated heterocycles. The lowest BCUT2D eigenvalue weighted by molar-refractivity contribution is 0.196. The number of benzene rings is 1. The van der Waals surface area contributed by atoms with Crippen molar-refractivity contribution in [3.63, 3.8) is 0 Å². The summed E-state index contributed by atoms with van der Waals surface area (Å²) < 4.78 is 13.2. The van der Waals surface area contributed by atoms with Crippen molar-refractivity contribution >= 4 is 17.2 Å². The van der Waals surface area contributed by atoms with Gasteiger partial charge in [0.1, 0.15) is 10.8 Å². The van der Waals surface area contributed by atoms with Crippen molar-refractivity contribution in [2.24, 2.45) is 5.73 Å². The van der Waals surface area contributed by atoms with E-state index in [1.165, 1.54) is 12.1 Å². The average Bonchev–Trinajstić information content (AvgIpc) is 2.28. The van der Waals surface area contributed by atoms with Gasteiger partial charge < -0.3 is 10.8 Å². The highest BCUT2D eigenvalue weighted by atomic mass is 32.1. The molecule has 17 heavy (non-hydrogen) atoms. The van der Waals surface area contributed by atoms with Gasteiger partial charge in [0.15, 0.2) is 0 Å². The zero-order chi connectivity index (χ0) is 12.8. The minimum absolute atomic E-state index is 0.0750. The molecule has 0 aliphatic carbocycles. The smallest absolute Gasteiger partial charge is 0.123 e. The first-order valence-electron chi connectivity index (χ1n) is 5.50. The predicted octanol–water partition coefficient (Wildman–Crippen LogP) is 1.27. The lowest BCUT2D eigenvalue weighted by Gasteiger charge is -2.20. The van der Waals surface area contributed by atoms with Gasteiger partial charge in [0.05, 0.1) is 6.61 Å². The molecule has 3 N–H and O–H groups in total. The van der Waals surface area contributed by atoms with Crippen molar-refractivity contribution in [2.45, 2.75) is 13.5 Å². The van der Waals surface area contributed by atoms with Gasteiger partial charge in [-0.25, -0.2) is 4.39 Å². The summed E-state index contributed by atoms with van der Waals surface area (Å²) >= 11 is 4.93. The van der Waals surface area contributed by atoms with Crippen LogP contribution in [0.3, 0.4) is 0 Å². The lowest BCUT2D eigenvalue weighted by Crippen LogP contribution is -2.27. The molecule has 5 heteroatoms. The molecule has 1 aromatic rings. The van der Waals surface area contributed by atoms with E-state index in [4.69, 9.17) is 23.1 Å². The second-order valence-electron chi connectivity index (χ2n) is 3.76. The average molecular weight is 256 g/mol. The Morgan fingerprint density at radius 1 is 1.53 bits per heavy atom. The molecule has 0 fully saturated rings. The number of likely N-dealkylation sites (N-methyl/N-ethyl adjacent to an activating group) is 1. The summed E-state index contributed by atoms with van der Waals surface area (Å²) in [6.45, 7) is 3.90. The number of thiocarbonyl (C=S) groups is 1. The lowest BCUT2D eigenvalue weighted by atomic mass is 10.1. The molecule has 94 valence electrons. The highest BCUT2D eigenvalue weighted by Crippen LogP contribution is 2.14. The Bertz CT molecular complexity index is 398. The SMILES string of the molecule is CCN(CCO)Cc1cc(F)ccc1C(N)=S. The van der Waals surface area contributed by atoms with Crippen LogP contribution in [0.15, 0.2) is 18.2 Å². The quantitative estimate of drug-likeness (QED) is 0.753. The fraction of sp³-hybridized carbons (Fsp3) is 0.417. The standard InChI is InChI=1S/C12H17FN2OS/c1-2-15(5-6-16)8-9-7-10(13)3-4-11(9)12(14)17/h3-4,7,16H,2,5-6,8H2,1H3,(H2,14,17). The van der Waals surface area contributed by atoms with E-state index in [-0.39, 0.29) is 17.4 Å². The van der Waals surface area contributed by atoms with E-state index in [0.29, 0.717) is 18.7 Å². The summed E-state index contributed by atoms with van der Waals surface area (Å²) in [5.41, 5.74) is 7.05. The van der Waals surface area contributed by atoms with Crippen LogP contribution in [0.5, 0.6) is 0 Å². The van der Waals surface area contributed by atoms with Gasteiger partial charge in [-0.2, -0.15) is 0 Å². The molecule has 0 radical (unpaired) electrons. The molecule has 0 aliphatic heterocycles. The van der Waals surface area contributed by atoms with Crippen molar-refractivity contribution in [1.82, 2.24) is 4.90 Å². The molecule has 0 heterocycles. The molecule has 0 atom stereocenters. The Hall–Kier alpha value is -1.04. The molecular formula is C12H17FN2OS. The number of hydrogen-bond acceptors (Lipinski definition) is 3. The minimum atomic E-state index is -0.306. The third kappa shape index (κ3) is 4.03. The maximum atomic E-state index is 13.2. The van der Waals surface area contributed by atoms with E-state index in [1.54, 1.807) is 6.07 Å². The van der Waals surface area contributed by atoms with E-state index in [1.807, 2.05) is 11.8 Å². The third-order valence-corrected chi connectivity index (χ3v) is 2.81. The molecule has 3 nitrogen and oxygen atoms in total. The summed E-state index contributed by atoms with van der Waals surface area (Å²) in [6.07, 6.45) is 0. The van der Waals surface area contributed by atoms with Crippen LogP contribution in [0.4, 0.5) is 4.39 Å². The zero-order valence-electron chi connectivity index (χ0n) is 9.82. The maximum Gasteiger partial charge on any atom is 0.123 e. The van der Waals surface area contributed by atoms with E-state index in [9.17, 15) is 4.39 Å². The highest BCUT2D eigenvalue weighted by molar-refractivity contribution is 7.80. The highest BCUT2D eigenvalue weighted by Gasteiger charge is 2.10. The fourth-order valence-corrected chi connectivity index (χ4v) is 1.86. The largest absolute Gasteiger partial charge is 0.395 e. The van der Waals surface area contributed by atoms with Crippen LogP contribution in [0.25, 0.3) is 0 Å². The topological polar surface area (TPSA) is 49.5 Å². The number of nitrogens with two attached hydrogens (primary N) is 1. The summed E-state index contributed by atoms with van der Waals surface area (Å²) in [5.74, 6) is -0.306. The number of halogens is 1. The summed E-state index contributed by atoms with van der Waals surface area (Å²) in [5, 5.41) is 8.91. The van der Waals surface area contributed by atoms with Crippen LogP contribution in [0.2, 0.25) is 0 Å². The van der Waals surface area contributed by atoms with Crippen LogP contribution in [0, 0.1) is 5.82 Å². The van der Waals surface area contributed by atoms with Crippen LogP contribution in [0.1, 0.15) is 18.1 Å². The Morgan fingerprint density at radius 2 is 2.24 bits per heavy atom. The molecule has 0 aromatic heterocycles. The van der Waals surface area contributed by atoms with Gasteiger partial charge >= 0.3 is 0 Å². The third-order valence-electron chi connectivity index (χ3n) is 2.59. The van der Waals surface area contributed by atoms with E-state index in [2.05, 4.69) is 0 Å². The second kappa shape index (κ2) is 6.64. The van der Waals surface area contributed by atoms with Crippen LogP contribution in [-0.4, -0.2) is 34.7 Å². The van der Waals surface area contributed by atoms with E-state index >= 15 is 0 Å². The summed E-state index contributed by atoms with van der Waals surface area (Å²) in [6, 6.07) is 4.38. The molecule has 0 bridgehead atoms. The van der Waals surface area contributed by atoms with Crippen molar-refractivity contribution in [2.75, 3.05) is 19.7 Å². The summed E-state index contributed by atoms with van der Waals surface area (Å²) in [7, 11) is 0. The maximum absolute atomic E-state index is 13.2. The van der Waals surface area contributed by atoms with Crippen molar-refractivity contribution in [1.29, 1.82) is 0 Å². The van der Waals surface area contributed by atoms with Crippen LogP contribution >= 0.6 is 12.2 Å². The molecule has 0 amide bonds. The van der Waals surface area contributed by atoms with Gasteiger partial charge in [0, 0.05) is 18.7 Å². The zero-order valence-corrected chi connectivity index (χ0v) is 10.6. The van der Waals surface area contributed by atoms with E-state index < -0.39 is 0 Å². The van der Waals surface area contributed by atoms with Crippen molar-refractivity contribution < 1.29 is 9.50 Å². The Kier molecular flexibility index (Phi) is 5.47. The number of aliphatic hydroxyl groups excluding tert-OH is 1. The normalized spacial score (nSPS) is 10.8. The predicted molar refractivity (Wildman–Crippen MR) is 70.3 cm³/mol. The Balaban J connectivity index is 2.94. The Labute approximate surface area is 106 Å². The fourth-order valence-electron chi connectivity index (χ4n) is 1.66. The Morgan fingerprint density at radius 3 is 2.76 bits per heavy atom. The second-order valence-corrected chi connectivity index (χ2v) is 4.20. The first-order chi connectivity index (χ1) is 8.08. The number of rotatable bonds is 6. The number of hydrogen-bond donors (Lipinski definition) is 2. The minimum Gasteiger partial charge on any atom is -0.395 e. The molecule has 0 unspecified atom stereocenters.